The summed E-state index contributed by atoms with van der Waals surface area (Å²) >= 11 is 0. The standard InChI is InChI=1S/C11H11NO4/c1-6(11(13)14)2-7-3-9-10(4-8(7)12)16-5-15-9/h2-4H,5,12H2,1H3,(H,13,14)/b6-2+. The summed E-state index contributed by atoms with van der Waals surface area (Å²) in [5.41, 5.74) is 7.06. The van der Waals surface area contributed by atoms with Crippen LogP contribution in [0, 0.1) is 0 Å². The van der Waals surface area contributed by atoms with Crippen LogP contribution in [0.15, 0.2) is 17.7 Å². The van der Waals surface area contributed by atoms with Gasteiger partial charge in [-0.2, -0.15) is 0 Å². The Morgan fingerprint density at radius 1 is 1.44 bits per heavy atom. The molecule has 0 atom stereocenters. The third-order valence-corrected chi connectivity index (χ3v) is 2.29. The number of ether oxygens (including phenoxy) is 2. The number of carbonyl (C=O) groups is 1. The number of hydrogen-bond donors (Lipinski definition) is 2. The highest BCUT2D eigenvalue weighted by Gasteiger charge is 2.15. The van der Waals surface area contributed by atoms with E-state index < -0.39 is 5.97 Å². The minimum atomic E-state index is -0.975. The normalized spacial score (nSPS) is 13.9. The van der Waals surface area contributed by atoms with Gasteiger partial charge >= 0.3 is 5.97 Å². The monoisotopic (exact) mass is 221 g/mol. The van der Waals surface area contributed by atoms with Crippen LogP contribution in [0.25, 0.3) is 6.08 Å². The van der Waals surface area contributed by atoms with Crippen molar-refractivity contribution in [2.75, 3.05) is 12.5 Å². The zero-order valence-corrected chi connectivity index (χ0v) is 8.69. The fourth-order valence-electron chi connectivity index (χ4n) is 1.39. The maximum Gasteiger partial charge on any atom is 0.331 e. The molecule has 5 nitrogen and oxygen atoms in total. The molecule has 0 saturated heterocycles. The van der Waals surface area contributed by atoms with Crippen LogP contribution in [-0.4, -0.2) is 17.9 Å². The van der Waals surface area contributed by atoms with Gasteiger partial charge in [0.1, 0.15) is 0 Å². The number of fused-ring (bicyclic) bond motifs is 1. The lowest BCUT2D eigenvalue weighted by molar-refractivity contribution is -0.132. The van der Waals surface area contributed by atoms with E-state index in [1.54, 1.807) is 12.1 Å². The summed E-state index contributed by atoms with van der Waals surface area (Å²) in [6, 6.07) is 3.30. The van der Waals surface area contributed by atoms with Crippen molar-refractivity contribution in [2.45, 2.75) is 6.92 Å². The summed E-state index contributed by atoms with van der Waals surface area (Å²) in [5, 5.41) is 8.76. The first-order valence-electron chi connectivity index (χ1n) is 4.68. The van der Waals surface area contributed by atoms with Gasteiger partial charge in [-0.05, 0) is 19.1 Å². The minimum Gasteiger partial charge on any atom is -0.478 e. The average molecular weight is 221 g/mol. The van der Waals surface area contributed by atoms with Crippen molar-refractivity contribution >= 4 is 17.7 Å². The van der Waals surface area contributed by atoms with Crippen molar-refractivity contribution in [1.82, 2.24) is 0 Å². The van der Waals surface area contributed by atoms with Gasteiger partial charge in [-0.3, -0.25) is 0 Å². The molecule has 16 heavy (non-hydrogen) atoms. The van der Waals surface area contributed by atoms with E-state index in [4.69, 9.17) is 20.3 Å². The number of carboxylic acid groups (broad SMARTS) is 1. The molecular formula is C11H11NO4. The lowest BCUT2D eigenvalue weighted by atomic mass is 10.1. The summed E-state index contributed by atoms with van der Waals surface area (Å²) in [6.45, 7) is 1.67. The van der Waals surface area contributed by atoms with E-state index in [2.05, 4.69) is 0 Å². The number of nitrogen functional groups attached to an aromatic ring is 1. The molecule has 3 N–H and O–H groups in total. The fraction of sp³-hybridized carbons (Fsp3) is 0.182. The quantitative estimate of drug-likeness (QED) is 0.584. The third kappa shape index (κ3) is 1.79. The zero-order valence-electron chi connectivity index (χ0n) is 8.69. The summed E-state index contributed by atoms with van der Waals surface area (Å²) < 4.78 is 10.3. The van der Waals surface area contributed by atoms with E-state index in [-0.39, 0.29) is 12.4 Å². The summed E-state index contributed by atoms with van der Waals surface area (Å²) in [5.74, 6) is 0.193. The smallest absolute Gasteiger partial charge is 0.331 e. The van der Waals surface area contributed by atoms with Gasteiger partial charge in [-0.25, -0.2) is 4.79 Å². The first-order valence-corrected chi connectivity index (χ1v) is 4.68. The molecule has 0 amide bonds. The van der Waals surface area contributed by atoms with Gasteiger partial charge in [0.2, 0.25) is 6.79 Å². The van der Waals surface area contributed by atoms with Crippen LogP contribution in [0.2, 0.25) is 0 Å². The van der Waals surface area contributed by atoms with Gasteiger partial charge in [0.25, 0.3) is 0 Å². The first-order chi connectivity index (χ1) is 7.58. The van der Waals surface area contributed by atoms with E-state index in [9.17, 15) is 4.79 Å². The number of benzene rings is 1. The number of aliphatic carboxylic acids is 1. The molecule has 0 unspecified atom stereocenters. The highest BCUT2D eigenvalue weighted by atomic mass is 16.7. The van der Waals surface area contributed by atoms with Crippen LogP contribution in [-0.2, 0) is 4.79 Å². The SMILES string of the molecule is C/C(=C\c1cc2c(cc1N)OCO2)C(=O)O. The Kier molecular flexibility index (Phi) is 2.44. The molecule has 0 fully saturated rings. The molecule has 1 aromatic carbocycles. The second-order valence-corrected chi connectivity index (χ2v) is 3.47. The van der Waals surface area contributed by atoms with Crippen molar-refractivity contribution < 1.29 is 19.4 Å². The predicted molar refractivity (Wildman–Crippen MR) is 58.3 cm³/mol. The zero-order chi connectivity index (χ0) is 11.7. The second-order valence-electron chi connectivity index (χ2n) is 3.47. The van der Waals surface area contributed by atoms with E-state index in [0.717, 1.165) is 0 Å². The lowest BCUT2D eigenvalue weighted by Gasteiger charge is -2.03. The van der Waals surface area contributed by atoms with Crippen LogP contribution in [0.5, 0.6) is 11.5 Å². The van der Waals surface area contributed by atoms with E-state index >= 15 is 0 Å². The Labute approximate surface area is 92.1 Å². The topological polar surface area (TPSA) is 81.8 Å². The van der Waals surface area contributed by atoms with E-state index in [1.807, 2.05) is 0 Å². The van der Waals surface area contributed by atoms with Crippen molar-refractivity contribution in [3.63, 3.8) is 0 Å². The number of carboxylic acids is 1. The molecule has 1 heterocycles. The van der Waals surface area contributed by atoms with Gasteiger partial charge in [-0.1, -0.05) is 0 Å². The number of nitrogens with two attached hydrogens (primary N) is 1. The van der Waals surface area contributed by atoms with Crippen molar-refractivity contribution in [1.29, 1.82) is 0 Å². The molecule has 1 aliphatic rings. The summed E-state index contributed by atoms with van der Waals surface area (Å²) in [6.07, 6.45) is 1.50. The largest absolute Gasteiger partial charge is 0.478 e. The van der Waals surface area contributed by atoms with Crippen molar-refractivity contribution in [2.24, 2.45) is 0 Å². The molecule has 0 saturated carbocycles. The Morgan fingerprint density at radius 2 is 2.06 bits per heavy atom. The summed E-state index contributed by atoms with van der Waals surface area (Å²) in [7, 11) is 0. The van der Waals surface area contributed by atoms with Gasteiger partial charge in [-0.15, -0.1) is 0 Å². The third-order valence-electron chi connectivity index (χ3n) is 2.29. The van der Waals surface area contributed by atoms with Gasteiger partial charge in [0.15, 0.2) is 11.5 Å². The Bertz CT molecular complexity index is 479. The minimum absolute atomic E-state index is 0.167. The van der Waals surface area contributed by atoms with Crippen LogP contribution in [0.4, 0.5) is 5.69 Å². The highest BCUT2D eigenvalue weighted by molar-refractivity contribution is 5.92. The second kappa shape index (κ2) is 3.77. The van der Waals surface area contributed by atoms with Gasteiger partial charge < -0.3 is 20.3 Å². The Morgan fingerprint density at radius 3 is 2.69 bits per heavy atom. The molecule has 0 spiro atoms. The number of rotatable bonds is 2. The molecule has 1 aromatic rings. The number of hydrogen-bond acceptors (Lipinski definition) is 4. The number of anilines is 1. The molecule has 0 aromatic heterocycles. The van der Waals surface area contributed by atoms with Gasteiger partial charge in [0.05, 0.1) is 0 Å². The molecular weight excluding hydrogens is 210 g/mol. The Hall–Kier alpha value is -2.17. The van der Waals surface area contributed by atoms with Crippen LogP contribution < -0.4 is 15.2 Å². The van der Waals surface area contributed by atoms with Crippen LogP contribution in [0.3, 0.4) is 0 Å². The fourth-order valence-corrected chi connectivity index (χ4v) is 1.39. The molecule has 1 aliphatic heterocycles. The molecule has 84 valence electrons. The van der Waals surface area contributed by atoms with Gasteiger partial charge in [0, 0.05) is 22.9 Å². The maximum absolute atomic E-state index is 10.7. The Balaban J connectivity index is 2.43. The molecule has 0 aliphatic carbocycles. The molecule has 0 bridgehead atoms. The average Bonchev–Trinajstić information content (AvgIpc) is 2.65. The highest BCUT2D eigenvalue weighted by Crippen LogP contribution is 2.36. The molecule has 5 heteroatoms. The predicted octanol–water partition coefficient (Wildman–Crippen LogP) is 1.49. The first kappa shape index (κ1) is 10.4. The van der Waals surface area contributed by atoms with Crippen molar-refractivity contribution in [3.05, 3.63) is 23.3 Å². The van der Waals surface area contributed by atoms with E-state index in [0.29, 0.717) is 22.7 Å². The lowest BCUT2D eigenvalue weighted by Crippen LogP contribution is -1.97. The molecule has 0 radical (unpaired) electrons. The van der Waals surface area contributed by atoms with E-state index in [1.165, 1.54) is 13.0 Å². The summed E-state index contributed by atoms with van der Waals surface area (Å²) in [4.78, 5) is 10.7. The van der Waals surface area contributed by atoms with Crippen LogP contribution in [0.1, 0.15) is 12.5 Å². The van der Waals surface area contributed by atoms with Crippen LogP contribution >= 0.6 is 0 Å². The maximum atomic E-state index is 10.7. The molecule has 2 rings (SSSR count). The van der Waals surface area contributed by atoms with Crippen molar-refractivity contribution in [3.8, 4) is 11.5 Å².